The molecule has 0 heterocycles. The van der Waals surface area contributed by atoms with Crippen molar-refractivity contribution in [1.29, 1.82) is 0 Å². The summed E-state index contributed by atoms with van der Waals surface area (Å²) in [6.07, 6.45) is 0.898. The van der Waals surface area contributed by atoms with Gasteiger partial charge in [0.1, 0.15) is 5.69 Å². The maximum Gasteiger partial charge on any atom is 0.292 e. The lowest BCUT2D eigenvalue weighted by molar-refractivity contribution is -0.384. The first-order chi connectivity index (χ1) is 9.86. The number of aliphatic hydroxyl groups is 1. The minimum atomic E-state index is -0.794. The number of unbranched alkanes of at least 4 members (excludes halogenated alkanes) is 1. The molecular weight excluding hydrogens is 274 g/mol. The topological polar surface area (TPSA) is 110 Å². The number of rotatable bonds is 8. The number of hydrogen-bond donors (Lipinski definition) is 2. The Labute approximate surface area is 123 Å². The first-order valence-corrected chi connectivity index (χ1v) is 6.86. The van der Waals surface area contributed by atoms with Crippen LogP contribution < -0.4 is 10.6 Å². The van der Waals surface area contributed by atoms with E-state index in [0.29, 0.717) is 17.8 Å². The number of nitrogens with two attached hydrogens (primary N) is 1. The van der Waals surface area contributed by atoms with Gasteiger partial charge in [-0.1, -0.05) is 19.4 Å². The van der Waals surface area contributed by atoms with Crippen LogP contribution in [0.5, 0.6) is 0 Å². The van der Waals surface area contributed by atoms with E-state index in [4.69, 9.17) is 5.73 Å². The van der Waals surface area contributed by atoms with Gasteiger partial charge in [0.15, 0.2) is 0 Å². The van der Waals surface area contributed by atoms with Gasteiger partial charge in [-0.15, -0.1) is 0 Å². The van der Waals surface area contributed by atoms with Gasteiger partial charge in [0, 0.05) is 12.6 Å². The molecule has 3 N–H and O–H groups in total. The minimum absolute atomic E-state index is 0.0745. The minimum Gasteiger partial charge on any atom is -0.389 e. The standard InChI is InChI=1S/C14H21N3O4/c1-3-4-7-16(9-14(15)19)12-6-5-11(10(2)18)8-13(12)17(20)21/h5-6,8,10,18H,3-4,7,9H2,1-2H3,(H2,15,19). The molecule has 1 rings (SSSR count). The van der Waals surface area contributed by atoms with Gasteiger partial charge in [0.05, 0.1) is 17.6 Å². The van der Waals surface area contributed by atoms with Crippen LogP contribution in [0.15, 0.2) is 18.2 Å². The lowest BCUT2D eigenvalue weighted by Crippen LogP contribution is -2.35. The van der Waals surface area contributed by atoms with Gasteiger partial charge >= 0.3 is 0 Å². The molecule has 1 atom stereocenters. The van der Waals surface area contributed by atoms with Crippen molar-refractivity contribution >= 4 is 17.3 Å². The van der Waals surface area contributed by atoms with Crippen LogP contribution in [0.1, 0.15) is 38.4 Å². The summed E-state index contributed by atoms with van der Waals surface area (Å²) >= 11 is 0. The molecule has 1 aromatic carbocycles. The highest BCUT2D eigenvalue weighted by Gasteiger charge is 2.22. The van der Waals surface area contributed by atoms with Crippen molar-refractivity contribution in [3.8, 4) is 0 Å². The van der Waals surface area contributed by atoms with E-state index in [0.717, 1.165) is 12.8 Å². The predicted molar refractivity (Wildman–Crippen MR) is 80.0 cm³/mol. The van der Waals surface area contributed by atoms with E-state index < -0.39 is 16.9 Å². The number of benzene rings is 1. The molecule has 0 aliphatic heterocycles. The van der Waals surface area contributed by atoms with Crippen LogP contribution in [0.25, 0.3) is 0 Å². The number of anilines is 1. The third kappa shape index (κ3) is 4.71. The zero-order valence-electron chi connectivity index (χ0n) is 12.3. The molecule has 7 heteroatoms. The van der Waals surface area contributed by atoms with Crippen molar-refractivity contribution in [3.05, 3.63) is 33.9 Å². The zero-order valence-corrected chi connectivity index (χ0v) is 12.3. The molecule has 116 valence electrons. The summed E-state index contributed by atoms with van der Waals surface area (Å²) in [5.41, 5.74) is 5.89. The second kappa shape index (κ2) is 7.58. The normalized spacial score (nSPS) is 12.0. The predicted octanol–water partition coefficient (Wildman–Crippen LogP) is 1.74. The lowest BCUT2D eigenvalue weighted by Gasteiger charge is -2.23. The molecule has 0 aliphatic carbocycles. The van der Waals surface area contributed by atoms with Gasteiger partial charge in [-0.25, -0.2) is 0 Å². The van der Waals surface area contributed by atoms with Crippen molar-refractivity contribution in [2.75, 3.05) is 18.0 Å². The van der Waals surface area contributed by atoms with Crippen molar-refractivity contribution in [3.63, 3.8) is 0 Å². The van der Waals surface area contributed by atoms with Crippen LogP contribution in [0, 0.1) is 10.1 Å². The summed E-state index contributed by atoms with van der Waals surface area (Å²) in [5, 5.41) is 20.8. The fraction of sp³-hybridized carbons (Fsp3) is 0.500. The molecule has 0 aliphatic rings. The van der Waals surface area contributed by atoms with Crippen LogP contribution in [0.4, 0.5) is 11.4 Å². The molecule has 21 heavy (non-hydrogen) atoms. The maximum absolute atomic E-state index is 11.2. The molecule has 1 amide bonds. The summed E-state index contributed by atoms with van der Waals surface area (Å²) < 4.78 is 0. The first kappa shape index (κ1) is 16.9. The van der Waals surface area contributed by atoms with Gasteiger partial charge in [0.2, 0.25) is 5.91 Å². The van der Waals surface area contributed by atoms with E-state index in [1.54, 1.807) is 17.0 Å². The van der Waals surface area contributed by atoms with E-state index in [2.05, 4.69) is 0 Å². The quantitative estimate of drug-likeness (QED) is 0.560. The Morgan fingerprint density at radius 3 is 2.67 bits per heavy atom. The summed E-state index contributed by atoms with van der Waals surface area (Å²) in [6, 6.07) is 4.51. The fourth-order valence-electron chi connectivity index (χ4n) is 2.04. The van der Waals surface area contributed by atoms with Crippen LogP contribution in [-0.4, -0.2) is 29.0 Å². The molecule has 0 saturated carbocycles. The summed E-state index contributed by atoms with van der Waals surface area (Å²) in [6.45, 7) is 3.97. The highest BCUT2D eigenvalue weighted by Crippen LogP contribution is 2.31. The zero-order chi connectivity index (χ0) is 16.0. The molecule has 1 aromatic rings. The summed E-state index contributed by atoms with van der Waals surface area (Å²) in [7, 11) is 0. The van der Waals surface area contributed by atoms with E-state index in [-0.39, 0.29) is 12.2 Å². The number of nitro groups is 1. The van der Waals surface area contributed by atoms with Crippen molar-refractivity contribution in [2.45, 2.75) is 32.8 Å². The number of nitro benzene ring substituents is 1. The molecule has 0 saturated heterocycles. The Balaban J connectivity index is 3.21. The van der Waals surface area contributed by atoms with E-state index >= 15 is 0 Å². The van der Waals surface area contributed by atoms with Crippen molar-refractivity contribution < 1.29 is 14.8 Å². The van der Waals surface area contributed by atoms with Gasteiger partial charge in [0.25, 0.3) is 5.69 Å². The number of aliphatic hydroxyl groups excluding tert-OH is 1. The highest BCUT2D eigenvalue weighted by atomic mass is 16.6. The molecule has 0 fully saturated rings. The van der Waals surface area contributed by atoms with Crippen molar-refractivity contribution in [1.82, 2.24) is 0 Å². The Morgan fingerprint density at radius 1 is 1.52 bits per heavy atom. The lowest BCUT2D eigenvalue weighted by atomic mass is 10.1. The molecule has 0 radical (unpaired) electrons. The van der Waals surface area contributed by atoms with Crippen LogP contribution in [-0.2, 0) is 4.79 Å². The summed E-state index contributed by atoms with van der Waals surface area (Å²) in [5.74, 6) is -0.542. The van der Waals surface area contributed by atoms with Crippen LogP contribution in [0.2, 0.25) is 0 Å². The second-order valence-corrected chi connectivity index (χ2v) is 4.92. The third-order valence-corrected chi connectivity index (χ3v) is 3.15. The number of carbonyl (C=O) groups excluding carboxylic acids is 1. The average molecular weight is 295 g/mol. The number of amides is 1. The van der Waals surface area contributed by atoms with Crippen LogP contribution in [0.3, 0.4) is 0 Å². The maximum atomic E-state index is 11.2. The van der Waals surface area contributed by atoms with Crippen molar-refractivity contribution in [2.24, 2.45) is 5.73 Å². The van der Waals surface area contributed by atoms with E-state index in [1.807, 2.05) is 6.92 Å². The number of primary amides is 1. The Bertz CT molecular complexity index is 517. The van der Waals surface area contributed by atoms with E-state index in [9.17, 15) is 20.0 Å². The molecule has 0 spiro atoms. The summed E-state index contributed by atoms with van der Waals surface area (Å²) in [4.78, 5) is 23.5. The monoisotopic (exact) mass is 295 g/mol. The molecule has 0 aromatic heterocycles. The molecular formula is C14H21N3O4. The Hall–Kier alpha value is -2.15. The average Bonchev–Trinajstić information content (AvgIpc) is 2.42. The van der Waals surface area contributed by atoms with Gasteiger partial charge < -0.3 is 15.7 Å². The van der Waals surface area contributed by atoms with Gasteiger partial charge in [-0.05, 0) is 25.0 Å². The molecule has 1 unspecified atom stereocenters. The Kier molecular flexibility index (Phi) is 6.10. The first-order valence-electron chi connectivity index (χ1n) is 6.86. The third-order valence-electron chi connectivity index (χ3n) is 3.15. The number of hydrogen-bond acceptors (Lipinski definition) is 5. The van der Waals surface area contributed by atoms with Gasteiger partial charge in [-0.2, -0.15) is 0 Å². The number of carbonyl (C=O) groups is 1. The van der Waals surface area contributed by atoms with Crippen LogP contribution >= 0.6 is 0 Å². The van der Waals surface area contributed by atoms with Gasteiger partial charge in [-0.3, -0.25) is 14.9 Å². The largest absolute Gasteiger partial charge is 0.389 e. The van der Waals surface area contributed by atoms with E-state index in [1.165, 1.54) is 13.0 Å². The smallest absolute Gasteiger partial charge is 0.292 e. The molecule has 0 bridgehead atoms. The Morgan fingerprint density at radius 2 is 2.19 bits per heavy atom. The number of nitrogens with zero attached hydrogens (tertiary/aromatic N) is 2. The molecule has 7 nitrogen and oxygen atoms in total. The highest BCUT2D eigenvalue weighted by molar-refractivity contribution is 5.81. The SMILES string of the molecule is CCCCN(CC(N)=O)c1ccc(C(C)O)cc1[N+](=O)[O-]. The fourth-order valence-corrected chi connectivity index (χ4v) is 2.04. The second-order valence-electron chi connectivity index (χ2n) is 4.92.